The number of carbonyl (C=O) groups is 1. The number of nitrogens with two attached hydrogens (primary N) is 1. The summed E-state index contributed by atoms with van der Waals surface area (Å²) in [6.45, 7) is 1.12. The molecule has 1 heterocycles. The minimum atomic E-state index is -0.916. The third-order valence-corrected chi connectivity index (χ3v) is 4.29. The van der Waals surface area contributed by atoms with E-state index in [0.29, 0.717) is 31.7 Å². The summed E-state index contributed by atoms with van der Waals surface area (Å²) >= 11 is 1.64. The fourth-order valence-corrected chi connectivity index (χ4v) is 2.86. The van der Waals surface area contributed by atoms with Crippen LogP contribution in [0.25, 0.3) is 0 Å². The summed E-state index contributed by atoms with van der Waals surface area (Å²) in [5, 5.41) is 0. The summed E-state index contributed by atoms with van der Waals surface area (Å²) in [6.07, 6.45) is 2.12. The Labute approximate surface area is 145 Å². The molecule has 1 saturated heterocycles. The zero-order chi connectivity index (χ0) is 16.1. The Morgan fingerprint density at radius 2 is 2.22 bits per heavy atom. The third-order valence-electron chi connectivity index (χ3n) is 3.64. The summed E-state index contributed by atoms with van der Waals surface area (Å²) in [7, 11) is 0. The van der Waals surface area contributed by atoms with Crippen molar-refractivity contribution >= 4 is 30.1 Å². The highest BCUT2D eigenvalue weighted by molar-refractivity contribution is 7.98. The maximum Gasteiger partial charge on any atom is 0.239 e. The van der Waals surface area contributed by atoms with Gasteiger partial charge in [-0.2, -0.15) is 11.8 Å². The van der Waals surface area contributed by atoms with Crippen LogP contribution in [-0.2, 0) is 9.53 Å². The summed E-state index contributed by atoms with van der Waals surface area (Å²) in [4.78, 5) is 13.9. The Bertz CT molecular complexity index is 536. The number of nitrogens with zero attached hydrogens (tertiary/aromatic N) is 1. The second-order valence-electron chi connectivity index (χ2n) is 5.21. The maximum atomic E-state index is 13.3. The standard InChI is InChI=1S/C15H20F2N2O2S.ClH/c1-22-7-4-13(18)15(20)19-5-6-21-14(9-19)10-2-3-11(16)12(17)8-10;/h2-3,8,13-14H,4-7,9,18H2,1H3;1H/t13-,14?;/m0./s1. The number of rotatable bonds is 5. The van der Waals surface area contributed by atoms with Gasteiger partial charge in [-0.25, -0.2) is 8.78 Å². The minimum absolute atomic E-state index is 0. The Kier molecular flexibility index (Phi) is 8.25. The van der Waals surface area contributed by atoms with Crippen LogP contribution in [0.3, 0.4) is 0 Å². The summed E-state index contributed by atoms with van der Waals surface area (Å²) in [5.41, 5.74) is 6.43. The lowest BCUT2D eigenvalue weighted by Crippen LogP contribution is -2.49. The Balaban J connectivity index is 0.00000264. The van der Waals surface area contributed by atoms with E-state index in [1.54, 1.807) is 16.7 Å². The molecule has 0 bridgehead atoms. The van der Waals surface area contributed by atoms with E-state index in [1.807, 2.05) is 6.26 Å². The number of morpholine rings is 1. The number of hydrogen-bond donors (Lipinski definition) is 1. The molecule has 8 heteroatoms. The molecule has 1 aromatic rings. The normalized spacial score (nSPS) is 19.1. The van der Waals surface area contributed by atoms with Crippen molar-refractivity contribution in [3.8, 4) is 0 Å². The molecule has 2 atom stereocenters. The average molecular weight is 367 g/mol. The fraction of sp³-hybridized carbons (Fsp3) is 0.533. The molecule has 1 aliphatic heterocycles. The number of hydrogen-bond acceptors (Lipinski definition) is 4. The van der Waals surface area contributed by atoms with E-state index in [-0.39, 0.29) is 18.3 Å². The van der Waals surface area contributed by atoms with E-state index in [0.717, 1.165) is 17.9 Å². The first-order valence-corrected chi connectivity index (χ1v) is 8.52. The van der Waals surface area contributed by atoms with Gasteiger partial charge in [-0.3, -0.25) is 4.79 Å². The van der Waals surface area contributed by atoms with Gasteiger partial charge in [0.2, 0.25) is 5.91 Å². The molecule has 1 aromatic carbocycles. The molecule has 0 aliphatic carbocycles. The van der Waals surface area contributed by atoms with Crippen LogP contribution in [0.4, 0.5) is 8.78 Å². The van der Waals surface area contributed by atoms with E-state index >= 15 is 0 Å². The largest absolute Gasteiger partial charge is 0.370 e. The van der Waals surface area contributed by atoms with Gasteiger partial charge in [0.15, 0.2) is 11.6 Å². The first kappa shape index (κ1) is 20.2. The molecule has 4 nitrogen and oxygen atoms in total. The summed E-state index contributed by atoms with van der Waals surface area (Å²) in [5.74, 6) is -1.11. The van der Waals surface area contributed by atoms with Gasteiger partial charge in [-0.1, -0.05) is 6.07 Å². The smallest absolute Gasteiger partial charge is 0.239 e. The fourth-order valence-electron chi connectivity index (χ4n) is 2.37. The van der Waals surface area contributed by atoms with Gasteiger partial charge in [0.25, 0.3) is 0 Å². The maximum absolute atomic E-state index is 13.3. The molecular formula is C15H21ClF2N2O2S. The van der Waals surface area contributed by atoms with E-state index in [4.69, 9.17) is 10.5 Å². The summed E-state index contributed by atoms with van der Waals surface area (Å²) in [6, 6.07) is 3.13. The Morgan fingerprint density at radius 3 is 2.87 bits per heavy atom. The second-order valence-corrected chi connectivity index (χ2v) is 6.19. The van der Waals surface area contributed by atoms with Crippen molar-refractivity contribution in [3.05, 3.63) is 35.4 Å². The van der Waals surface area contributed by atoms with Crippen LogP contribution in [0.2, 0.25) is 0 Å². The van der Waals surface area contributed by atoms with Crippen LogP contribution >= 0.6 is 24.2 Å². The predicted molar refractivity (Wildman–Crippen MR) is 89.9 cm³/mol. The lowest BCUT2D eigenvalue weighted by Gasteiger charge is -2.34. The molecule has 0 saturated carbocycles. The van der Waals surface area contributed by atoms with Crippen LogP contribution in [0.1, 0.15) is 18.1 Å². The topological polar surface area (TPSA) is 55.6 Å². The van der Waals surface area contributed by atoms with Gasteiger partial charge in [0.1, 0.15) is 6.10 Å². The van der Waals surface area contributed by atoms with Crippen LogP contribution < -0.4 is 5.73 Å². The Hall–Kier alpha value is -0.890. The van der Waals surface area contributed by atoms with E-state index in [1.165, 1.54) is 6.07 Å². The molecule has 130 valence electrons. The van der Waals surface area contributed by atoms with Crippen molar-refractivity contribution in [1.29, 1.82) is 0 Å². The molecule has 1 fully saturated rings. The Morgan fingerprint density at radius 1 is 1.48 bits per heavy atom. The number of halogens is 3. The van der Waals surface area contributed by atoms with E-state index in [9.17, 15) is 13.6 Å². The van der Waals surface area contributed by atoms with Gasteiger partial charge >= 0.3 is 0 Å². The molecule has 0 aromatic heterocycles. The number of benzene rings is 1. The molecule has 2 N–H and O–H groups in total. The quantitative estimate of drug-likeness (QED) is 0.869. The number of amides is 1. The zero-order valence-corrected chi connectivity index (χ0v) is 14.5. The highest BCUT2D eigenvalue weighted by Gasteiger charge is 2.28. The van der Waals surface area contributed by atoms with Crippen LogP contribution in [0.5, 0.6) is 0 Å². The van der Waals surface area contributed by atoms with Crippen molar-refractivity contribution in [2.45, 2.75) is 18.6 Å². The van der Waals surface area contributed by atoms with Crippen molar-refractivity contribution in [3.63, 3.8) is 0 Å². The van der Waals surface area contributed by atoms with E-state index in [2.05, 4.69) is 0 Å². The SMILES string of the molecule is CSCC[C@H](N)C(=O)N1CCOC(c2ccc(F)c(F)c2)C1.Cl. The molecule has 0 radical (unpaired) electrons. The summed E-state index contributed by atoms with van der Waals surface area (Å²) < 4.78 is 31.9. The van der Waals surface area contributed by atoms with Crippen molar-refractivity contribution in [2.24, 2.45) is 5.73 Å². The number of carbonyl (C=O) groups excluding carboxylic acids is 1. The number of ether oxygens (including phenoxy) is 1. The van der Waals surface area contributed by atoms with Crippen molar-refractivity contribution in [1.82, 2.24) is 4.90 Å². The van der Waals surface area contributed by atoms with Crippen LogP contribution in [0.15, 0.2) is 18.2 Å². The lowest BCUT2D eigenvalue weighted by atomic mass is 10.1. The molecule has 1 amide bonds. The van der Waals surface area contributed by atoms with Crippen molar-refractivity contribution in [2.75, 3.05) is 31.7 Å². The molecule has 1 unspecified atom stereocenters. The number of thioether (sulfide) groups is 1. The molecule has 0 spiro atoms. The highest BCUT2D eigenvalue weighted by Crippen LogP contribution is 2.24. The van der Waals surface area contributed by atoms with Crippen molar-refractivity contribution < 1.29 is 18.3 Å². The second kappa shape index (κ2) is 9.42. The minimum Gasteiger partial charge on any atom is -0.370 e. The molecule has 23 heavy (non-hydrogen) atoms. The predicted octanol–water partition coefficient (Wildman–Crippen LogP) is 2.37. The molecule has 2 rings (SSSR count). The first-order valence-electron chi connectivity index (χ1n) is 7.12. The zero-order valence-electron chi connectivity index (χ0n) is 12.8. The van der Waals surface area contributed by atoms with Gasteiger partial charge in [0, 0.05) is 6.54 Å². The lowest BCUT2D eigenvalue weighted by molar-refractivity contribution is -0.140. The van der Waals surface area contributed by atoms with Crippen LogP contribution in [0, 0.1) is 11.6 Å². The van der Waals surface area contributed by atoms with Gasteiger partial charge in [-0.05, 0) is 36.1 Å². The first-order chi connectivity index (χ1) is 10.5. The molecular weight excluding hydrogens is 346 g/mol. The van der Waals surface area contributed by atoms with Gasteiger partial charge in [-0.15, -0.1) is 12.4 Å². The monoisotopic (exact) mass is 366 g/mol. The van der Waals surface area contributed by atoms with Gasteiger partial charge < -0.3 is 15.4 Å². The average Bonchev–Trinajstić information content (AvgIpc) is 2.54. The highest BCUT2D eigenvalue weighted by atomic mass is 35.5. The molecule has 1 aliphatic rings. The third kappa shape index (κ3) is 5.31. The van der Waals surface area contributed by atoms with Crippen LogP contribution in [-0.4, -0.2) is 48.6 Å². The van der Waals surface area contributed by atoms with Gasteiger partial charge in [0.05, 0.1) is 19.2 Å². The van der Waals surface area contributed by atoms with E-state index < -0.39 is 23.8 Å².